The van der Waals surface area contributed by atoms with E-state index in [0.29, 0.717) is 11.3 Å². The van der Waals surface area contributed by atoms with Gasteiger partial charge in [0.05, 0.1) is 0 Å². The van der Waals surface area contributed by atoms with Crippen molar-refractivity contribution in [3.8, 4) is 0 Å². The molecule has 0 unspecified atom stereocenters. The molecule has 37 heavy (non-hydrogen) atoms. The summed E-state index contributed by atoms with van der Waals surface area (Å²) in [5.41, 5.74) is 4.66. The van der Waals surface area contributed by atoms with Crippen LogP contribution in [0.15, 0.2) is 48.7 Å². The summed E-state index contributed by atoms with van der Waals surface area (Å²) in [6, 6.07) is 14.1. The number of benzene rings is 1. The molecule has 0 radical (unpaired) electrons. The van der Waals surface area contributed by atoms with E-state index in [9.17, 15) is 9.59 Å². The van der Waals surface area contributed by atoms with Crippen LogP contribution < -0.4 is 5.32 Å². The highest BCUT2D eigenvalue weighted by Gasteiger charge is 2.24. The topological polar surface area (TPSA) is 75.2 Å². The van der Waals surface area contributed by atoms with Gasteiger partial charge in [0.1, 0.15) is 5.69 Å². The Morgan fingerprint density at radius 1 is 1.00 bits per heavy atom. The van der Waals surface area contributed by atoms with E-state index in [4.69, 9.17) is 0 Å². The van der Waals surface area contributed by atoms with E-state index in [2.05, 4.69) is 32.3 Å². The summed E-state index contributed by atoms with van der Waals surface area (Å²) in [5, 5.41) is 4.14. The number of carbonyl (C=O) groups excluding carboxylic acids is 2. The number of ketones is 1. The number of carbonyl (C=O) groups is 2. The average Bonchev–Trinajstić information content (AvgIpc) is 3.13. The first kappa shape index (κ1) is 25.5. The molecule has 1 aliphatic heterocycles. The minimum absolute atomic E-state index is 0.0383. The van der Waals surface area contributed by atoms with Gasteiger partial charge in [0.15, 0.2) is 11.4 Å². The van der Waals surface area contributed by atoms with Crippen molar-refractivity contribution in [2.45, 2.75) is 64.8 Å². The Bertz CT molecular complexity index is 1260. The second-order valence-electron chi connectivity index (χ2n) is 11.1. The lowest BCUT2D eigenvalue weighted by atomic mass is 9.84. The van der Waals surface area contributed by atoms with Crippen LogP contribution in [0.25, 0.3) is 11.0 Å². The van der Waals surface area contributed by atoms with Crippen LogP contribution >= 0.6 is 0 Å². The molecule has 1 amide bonds. The van der Waals surface area contributed by atoms with E-state index >= 15 is 0 Å². The summed E-state index contributed by atoms with van der Waals surface area (Å²) in [4.78, 5) is 36.5. The van der Waals surface area contributed by atoms with Crippen LogP contribution in [0.1, 0.15) is 77.9 Å². The van der Waals surface area contributed by atoms with Crippen molar-refractivity contribution < 1.29 is 9.59 Å². The van der Waals surface area contributed by atoms with E-state index in [1.807, 2.05) is 38.1 Å². The fourth-order valence-corrected chi connectivity index (χ4v) is 5.78. The third-order valence-corrected chi connectivity index (χ3v) is 8.14. The monoisotopic (exact) mass is 498 g/mol. The fourth-order valence-electron chi connectivity index (χ4n) is 5.78. The Kier molecular flexibility index (Phi) is 7.94. The number of pyridine rings is 2. The average molecular weight is 499 g/mol. The van der Waals surface area contributed by atoms with Crippen LogP contribution in [0.5, 0.6) is 0 Å². The van der Waals surface area contributed by atoms with Gasteiger partial charge in [-0.15, -0.1) is 0 Å². The lowest BCUT2D eigenvalue weighted by Gasteiger charge is -2.30. The minimum Gasteiger partial charge on any atom is -0.348 e. The molecule has 6 nitrogen and oxygen atoms in total. The first-order chi connectivity index (χ1) is 18.0. The molecule has 1 fully saturated rings. The summed E-state index contributed by atoms with van der Waals surface area (Å²) in [6.45, 7) is 7.21. The van der Waals surface area contributed by atoms with Gasteiger partial charge >= 0.3 is 0 Å². The zero-order valence-electron chi connectivity index (χ0n) is 22.1. The Balaban J connectivity index is 1.06. The molecular weight excluding hydrogens is 460 g/mol. The van der Waals surface area contributed by atoms with Crippen LogP contribution in [-0.4, -0.2) is 52.2 Å². The Labute approximate surface area is 219 Å². The molecular formula is C31H38N4O2. The molecule has 6 heteroatoms. The second kappa shape index (κ2) is 11.5. The number of fused-ring (bicyclic) bond motifs is 2. The number of Topliss-reactive ketones (excluding diaryl/α,β-unsaturated/α-hetero) is 1. The highest BCUT2D eigenvalue weighted by Crippen LogP contribution is 2.28. The molecule has 1 saturated carbocycles. The largest absolute Gasteiger partial charge is 0.348 e. The van der Waals surface area contributed by atoms with Gasteiger partial charge in [-0.05, 0) is 98.9 Å². The summed E-state index contributed by atoms with van der Waals surface area (Å²) >= 11 is 0. The highest BCUT2D eigenvalue weighted by atomic mass is 16.2. The van der Waals surface area contributed by atoms with E-state index in [1.165, 1.54) is 17.5 Å². The maximum absolute atomic E-state index is 12.8. The Morgan fingerprint density at radius 2 is 1.78 bits per heavy atom. The van der Waals surface area contributed by atoms with Gasteiger partial charge in [0.2, 0.25) is 0 Å². The standard InChI is InChI=1S/C31H38N4O2/c1-21(2)29(36)26-8-7-23-14-18-35(19-15-25(23)20-26)17-13-22-5-10-27(11-6-22)33-31(37)28-12-9-24-4-3-16-32-30(24)34-28/h3-4,7-9,12,16,20-22,27H,5-6,10-11,13-15,17-19H2,1-2H3,(H,33,37). The molecule has 2 aliphatic rings. The molecule has 0 atom stereocenters. The number of hydrogen-bond acceptors (Lipinski definition) is 5. The molecule has 0 saturated heterocycles. The van der Waals surface area contributed by atoms with Gasteiger partial charge in [0.25, 0.3) is 5.91 Å². The van der Waals surface area contributed by atoms with Crippen molar-refractivity contribution >= 4 is 22.7 Å². The molecule has 2 aromatic heterocycles. The van der Waals surface area contributed by atoms with Crippen LogP contribution in [-0.2, 0) is 12.8 Å². The molecule has 0 bridgehead atoms. The van der Waals surface area contributed by atoms with Crippen molar-refractivity contribution in [2.75, 3.05) is 19.6 Å². The highest BCUT2D eigenvalue weighted by molar-refractivity contribution is 5.97. The normalized spacial score (nSPS) is 20.4. The van der Waals surface area contributed by atoms with Crippen molar-refractivity contribution in [3.05, 3.63) is 71.0 Å². The molecule has 1 aliphatic carbocycles. The molecule has 5 rings (SSSR count). The summed E-state index contributed by atoms with van der Waals surface area (Å²) in [5.74, 6) is 0.896. The second-order valence-corrected chi connectivity index (χ2v) is 11.1. The van der Waals surface area contributed by atoms with Crippen molar-refractivity contribution in [1.29, 1.82) is 0 Å². The van der Waals surface area contributed by atoms with E-state index in [-0.39, 0.29) is 23.7 Å². The number of nitrogens with zero attached hydrogens (tertiary/aromatic N) is 3. The van der Waals surface area contributed by atoms with E-state index in [1.54, 1.807) is 12.3 Å². The van der Waals surface area contributed by atoms with Crippen LogP contribution in [0.4, 0.5) is 0 Å². The van der Waals surface area contributed by atoms with Gasteiger partial charge < -0.3 is 10.2 Å². The Hall–Kier alpha value is -3.12. The quantitative estimate of drug-likeness (QED) is 0.451. The minimum atomic E-state index is -0.0987. The van der Waals surface area contributed by atoms with Gasteiger partial charge in [0, 0.05) is 42.2 Å². The molecule has 194 valence electrons. The lowest BCUT2D eigenvalue weighted by molar-refractivity contribution is 0.0913. The lowest BCUT2D eigenvalue weighted by Crippen LogP contribution is -2.38. The predicted molar refractivity (Wildman–Crippen MR) is 147 cm³/mol. The predicted octanol–water partition coefficient (Wildman–Crippen LogP) is 5.25. The van der Waals surface area contributed by atoms with E-state index in [0.717, 1.165) is 75.0 Å². The third kappa shape index (κ3) is 6.24. The SMILES string of the molecule is CC(C)C(=O)c1ccc2c(c1)CCN(CCC1CCC(NC(=O)c3ccc4cccnc4n3)CC1)CC2. The van der Waals surface area contributed by atoms with Crippen molar-refractivity contribution in [3.63, 3.8) is 0 Å². The number of amides is 1. The fraction of sp³-hybridized carbons (Fsp3) is 0.484. The van der Waals surface area contributed by atoms with Gasteiger partial charge in [-0.3, -0.25) is 9.59 Å². The molecule has 1 N–H and O–H groups in total. The van der Waals surface area contributed by atoms with Crippen LogP contribution in [0.3, 0.4) is 0 Å². The zero-order chi connectivity index (χ0) is 25.8. The smallest absolute Gasteiger partial charge is 0.270 e. The Morgan fingerprint density at radius 3 is 2.57 bits per heavy atom. The molecule has 3 heterocycles. The molecule has 1 aromatic carbocycles. The summed E-state index contributed by atoms with van der Waals surface area (Å²) in [7, 11) is 0. The number of hydrogen-bond donors (Lipinski definition) is 1. The van der Waals surface area contributed by atoms with Gasteiger partial charge in [-0.25, -0.2) is 9.97 Å². The van der Waals surface area contributed by atoms with Crippen molar-refractivity contribution in [1.82, 2.24) is 20.2 Å². The van der Waals surface area contributed by atoms with Gasteiger partial charge in [-0.1, -0.05) is 26.0 Å². The van der Waals surface area contributed by atoms with Crippen molar-refractivity contribution in [2.24, 2.45) is 11.8 Å². The molecule has 3 aromatic rings. The third-order valence-electron chi connectivity index (χ3n) is 8.14. The summed E-state index contributed by atoms with van der Waals surface area (Å²) < 4.78 is 0. The maximum Gasteiger partial charge on any atom is 0.270 e. The number of nitrogens with one attached hydrogen (secondary N) is 1. The van der Waals surface area contributed by atoms with Crippen LogP contribution in [0.2, 0.25) is 0 Å². The zero-order valence-corrected chi connectivity index (χ0v) is 22.1. The van der Waals surface area contributed by atoms with E-state index < -0.39 is 0 Å². The first-order valence-corrected chi connectivity index (χ1v) is 13.9. The van der Waals surface area contributed by atoms with Gasteiger partial charge in [-0.2, -0.15) is 0 Å². The summed E-state index contributed by atoms with van der Waals surface area (Å²) in [6.07, 6.45) is 9.37. The van der Waals surface area contributed by atoms with Crippen LogP contribution in [0, 0.1) is 11.8 Å². The first-order valence-electron chi connectivity index (χ1n) is 13.9. The number of aromatic nitrogens is 2. The maximum atomic E-state index is 12.8. The molecule has 0 spiro atoms. The number of rotatable bonds is 7.